The van der Waals surface area contributed by atoms with Gasteiger partial charge in [0.25, 0.3) is 0 Å². The predicted molar refractivity (Wildman–Crippen MR) is 84.1 cm³/mol. The molecule has 2 aromatic rings. The van der Waals surface area contributed by atoms with Crippen molar-refractivity contribution in [3.63, 3.8) is 0 Å². The molecule has 0 heterocycles. The van der Waals surface area contributed by atoms with Gasteiger partial charge in [-0.25, -0.2) is 4.39 Å². The van der Waals surface area contributed by atoms with Gasteiger partial charge < -0.3 is 10.6 Å². The molecule has 0 aliphatic heterocycles. The van der Waals surface area contributed by atoms with Crippen molar-refractivity contribution in [3.8, 4) is 0 Å². The van der Waals surface area contributed by atoms with Crippen LogP contribution < -0.4 is 10.6 Å². The van der Waals surface area contributed by atoms with Crippen LogP contribution in [0, 0.1) is 5.82 Å². The SMILES string of the molecule is CC(C)c1ccccc1NCC(=O)Nc1cccc(F)c1. The van der Waals surface area contributed by atoms with Gasteiger partial charge in [0, 0.05) is 11.4 Å². The molecule has 2 rings (SSSR count). The van der Waals surface area contributed by atoms with Gasteiger partial charge >= 0.3 is 0 Å². The van der Waals surface area contributed by atoms with Crippen LogP contribution in [0.1, 0.15) is 25.3 Å². The van der Waals surface area contributed by atoms with Crippen LogP contribution in [-0.2, 0) is 4.79 Å². The van der Waals surface area contributed by atoms with E-state index in [9.17, 15) is 9.18 Å². The molecular formula is C17H19FN2O. The Labute approximate surface area is 124 Å². The molecule has 1 amide bonds. The topological polar surface area (TPSA) is 41.1 Å². The molecule has 2 N–H and O–H groups in total. The molecule has 4 heteroatoms. The largest absolute Gasteiger partial charge is 0.376 e. The van der Waals surface area contributed by atoms with Gasteiger partial charge in [0.2, 0.25) is 5.91 Å². The zero-order valence-corrected chi connectivity index (χ0v) is 12.2. The zero-order valence-electron chi connectivity index (χ0n) is 12.2. The fourth-order valence-electron chi connectivity index (χ4n) is 2.11. The molecule has 2 aromatic carbocycles. The highest BCUT2D eigenvalue weighted by molar-refractivity contribution is 5.93. The summed E-state index contributed by atoms with van der Waals surface area (Å²) in [5.41, 5.74) is 2.57. The number of halogens is 1. The fraction of sp³-hybridized carbons (Fsp3) is 0.235. The van der Waals surface area contributed by atoms with E-state index in [1.54, 1.807) is 12.1 Å². The van der Waals surface area contributed by atoms with Crippen molar-refractivity contribution in [1.29, 1.82) is 0 Å². The highest BCUT2D eigenvalue weighted by Gasteiger charge is 2.07. The molecule has 0 spiro atoms. The highest BCUT2D eigenvalue weighted by atomic mass is 19.1. The molecule has 0 bridgehead atoms. The van der Waals surface area contributed by atoms with Crippen LogP contribution in [0.25, 0.3) is 0 Å². The minimum absolute atomic E-state index is 0.139. The lowest BCUT2D eigenvalue weighted by molar-refractivity contribution is -0.114. The lowest BCUT2D eigenvalue weighted by Crippen LogP contribution is -2.22. The van der Waals surface area contributed by atoms with Crippen molar-refractivity contribution in [2.45, 2.75) is 19.8 Å². The number of nitrogens with one attached hydrogen (secondary N) is 2. The molecule has 0 aliphatic rings. The first-order valence-electron chi connectivity index (χ1n) is 6.94. The summed E-state index contributed by atoms with van der Waals surface area (Å²) in [7, 11) is 0. The Morgan fingerprint density at radius 3 is 2.62 bits per heavy atom. The average molecular weight is 286 g/mol. The number of benzene rings is 2. The van der Waals surface area contributed by atoms with Crippen LogP contribution in [0.15, 0.2) is 48.5 Å². The van der Waals surface area contributed by atoms with Gasteiger partial charge in [-0.2, -0.15) is 0 Å². The van der Waals surface area contributed by atoms with Gasteiger partial charge in [-0.1, -0.05) is 38.1 Å². The standard InChI is InChI=1S/C17H19FN2O/c1-12(2)15-8-3-4-9-16(15)19-11-17(21)20-14-7-5-6-13(18)10-14/h3-10,12,19H,11H2,1-2H3,(H,20,21). The number of carbonyl (C=O) groups excluding carboxylic acids is 1. The quantitative estimate of drug-likeness (QED) is 0.872. The summed E-state index contributed by atoms with van der Waals surface area (Å²) in [6, 6.07) is 13.7. The van der Waals surface area contributed by atoms with E-state index in [1.807, 2.05) is 24.3 Å². The van der Waals surface area contributed by atoms with E-state index in [1.165, 1.54) is 12.1 Å². The van der Waals surface area contributed by atoms with Crippen molar-refractivity contribution in [1.82, 2.24) is 0 Å². The first kappa shape index (κ1) is 15.0. The second-order valence-corrected chi connectivity index (χ2v) is 5.15. The van der Waals surface area contributed by atoms with Gasteiger partial charge in [0.1, 0.15) is 5.82 Å². The Hall–Kier alpha value is -2.36. The number of amides is 1. The minimum Gasteiger partial charge on any atom is -0.376 e. The van der Waals surface area contributed by atoms with Crippen LogP contribution in [0.4, 0.5) is 15.8 Å². The van der Waals surface area contributed by atoms with Crippen LogP contribution in [0.2, 0.25) is 0 Å². The molecule has 0 saturated heterocycles. The molecule has 3 nitrogen and oxygen atoms in total. The second kappa shape index (κ2) is 6.88. The predicted octanol–water partition coefficient (Wildman–Crippen LogP) is 4.00. The number of hydrogen-bond donors (Lipinski definition) is 2. The average Bonchev–Trinajstić information content (AvgIpc) is 2.45. The molecule has 110 valence electrons. The Balaban J connectivity index is 1.95. The van der Waals surface area contributed by atoms with E-state index in [2.05, 4.69) is 24.5 Å². The Kier molecular flexibility index (Phi) is 4.93. The maximum Gasteiger partial charge on any atom is 0.243 e. The van der Waals surface area contributed by atoms with E-state index in [0.29, 0.717) is 11.6 Å². The first-order chi connectivity index (χ1) is 10.1. The Morgan fingerprint density at radius 1 is 1.14 bits per heavy atom. The summed E-state index contributed by atoms with van der Waals surface area (Å²) < 4.78 is 13.0. The van der Waals surface area contributed by atoms with Crippen LogP contribution in [-0.4, -0.2) is 12.5 Å². The van der Waals surface area contributed by atoms with Crippen molar-refractivity contribution < 1.29 is 9.18 Å². The van der Waals surface area contributed by atoms with E-state index >= 15 is 0 Å². The molecule has 0 aromatic heterocycles. The van der Waals surface area contributed by atoms with Gasteiger partial charge in [-0.3, -0.25) is 4.79 Å². The Morgan fingerprint density at radius 2 is 1.90 bits per heavy atom. The molecule has 0 atom stereocenters. The number of hydrogen-bond acceptors (Lipinski definition) is 2. The van der Waals surface area contributed by atoms with Gasteiger partial charge in [0.05, 0.1) is 6.54 Å². The van der Waals surface area contributed by atoms with Gasteiger partial charge in [-0.15, -0.1) is 0 Å². The van der Waals surface area contributed by atoms with E-state index in [0.717, 1.165) is 11.3 Å². The lowest BCUT2D eigenvalue weighted by atomic mass is 10.0. The molecule has 0 aliphatic carbocycles. The normalized spacial score (nSPS) is 10.5. The third kappa shape index (κ3) is 4.31. The monoisotopic (exact) mass is 286 g/mol. The van der Waals surface area contributed by atoms with Crippen molar-refractivity contribution >= 4 is 17.3 Å². The number of para-hydroxylation sites is 1. The summed E-state index contributed by atoms with van der Waals surface area (Å²) in [6.45, 7) is 4.35. The van der Waals surface area contributed by atoms with Crippen LogP contribution in [0.5, 0.6) is 0 Å². The minimum atomic E-state index is -0.370. The van der Waals surface area contributed by atoms with Crippen molar-refractivity contribution in [2.24, 2.45) is 0 Å². The third-order valence-electron chi connectivity index (χ3n) is 3.13. The van der Waals surface area contributed by atoms with Crippen LogP contribution in [0.3, 0.4) is 0 Å². The maximum atomic E-state index is 13.0. The van der Waals surface area contributed by atoms with E-state index < -0.39 is 0 Å². The summed E-state index contributed by atoms with van der Waals surface area (Å²) in [5.74, 6) is -0.204. The van der Waals surface area contributed by atoms with Crippen molar-refractivity contribution in [2.75, 3.05) is 17.2 Å². The number of rotatable bonds is 5. The smallest absolute Gasteiger partial charge is 0.243 e. The van der Waals surface area contributed by atoms with E-state index in [-0.39, 0.29) is 18.3 Å². The Bertz CT molecular complexity index is 626. The van der Waals surface area contributed by atoms with E-state index in [4.69, 9.17) is 0 Å². The lowest BCUT2D eigenvalue weighted by Gasteiger charge is -2.14. The third-order valence-corrected chi connectivity index (χ3v) is 3.13. The summed E-state index contributed by atoms with van der Waals surface area (Å²) >= 11 is 0. The van der Waals surface area contributed by atoms with Gasteiger partial charge in [0.15, 0.2) is 0 Å². The zero-order chi connectivity index (χ0) is 15.2. The van der Waals surface area contributed by atoms with Crippen molar-refractivity contribution in [3.05, 3.63) is 59.9 Å². The molecular weight excluding hydrogens is 267 g/mol. The van der Waals surface area contributed by atoms with Gasteiger partial charge in [-0.05, 0) is 35.7 Å². The summed E-state index contributed by atoms with van der Waals surface area (Å²) in [6.07, 6.45) is 0. The molecule has 0 saturated carbocycles. The number of carbonyl (C=O) groups is 1. The number of anilines is 2. The second-order valence-electron chi connectivity index (χ2n) is 5.15. The maximum absolute atomic E-state index is 13.0. The molecule has 0 unspecified atom stereocenters. The fourth-order valence-corrected chi connectivity index (χ4v) is 2.11. The van der Waals surface area contributed by atoms with Crippen LogP contribution >= 0.6 is 0 Å². The summed E-state index contributed by atoms with van der Waals surface area (Å²) in [5, 5.41) is 5.78. The molecule has 0 radical (unpaired) electrons. The molecule has 21 heavy (non-hydrogen) atoms. The molecule has 0 fully saturated rings. The summed E-state index contributed by atoms with van der Waals surface area (Å²) in [4.78, 5) is 11.9. The highest BCUT2D eigenvalue weighted by Crippen LogP contribution is 2.23. The first-order valence-corrected chi connectivity index (χ1v) is 6.94.